The minimum absolute atomic E-state index is 0.346. The molecule has 4 aromatic carbocycles. The topological polar surface area (TPSA) is 130 Å². The van der Waals surface area contributed by atoms with E-state index in [2.05, 4.69) is 37.4 Å². The Morgan fingerprint density at radius 2 is 0.961 bits per heavy atom. The summed E-state index contributed by atoms with van der Waals surface area (Å²) in [6.07, 6.45) is -2.70. The number of aliphatic hydroxyl groups is 2. The molecule has 0 saturated heterocycles. The second-order valence-electron chi connectivity index (χ2n) is 11.9. The Balaban J connectivity index is 1.43. The van der Waals surface area contributed by atoms with Crippen molar-refractivity contribution in [1.82, 2.24) is 0 Å². The Kier molecular flexibility index (Phi) is 11.5. The fourth-order valence-corrected chi connectivity index (χ4v) is 6.25. The van der Waals surface area contributed by atoms with Gasteiger partial charge in [0.15, 0.2) is 11.5 Å². The number of ether oxygens (including phenoxy) is 6. The molecule has 0 fully saturated rings. The monoisotopic (exact) mass is 694 g/mol. The predicted octanol–water partition coefficient (Wildman–Crippen LogP) is 8.23. The highest BCUT2D eigenvalue weighted by molar-refractivity contribution is 5.86. The molecule has 5 rings (SSSR count). The van der Waals surface area contributed by atoms with E-state index in [1.807, 2.05) is 72.8 Å². The normalized spacial score (nSPS) is 14.9. The average Bonchev–Trinajstić information content (AvgIpc) is 3.42. The third-order valence-electron chi connectivity index (χ3n) is 8.43. The molecule has 1 aliphatic rings. The quantitative estimate of drug-likeness (QED) is 0.0451. The van der Waals surface area contributed by atoms with Gasteiger partial charge in [0, 0.05) is 12.8 Å². The summed E-state index contributed by atoms with van der Waals surface area (Å²) in [6, 6.07) is 32.4. The SMILES string of the molecule is C=C(O)C(=O)OC(CC)OC(C)Oc1ccc(C2(c3ccc(OC(C)OC(CC)OC(=O)C(=C)O)cc3)c3ccccc3-c3ccccc32)cc1. The van der Waals surface area contributed by atoms with E-state index in [1.165, 1.54) is 0 Å². The Hall–Kier alpha value is -5.58. The van der Waals surface area contributed by atoms with Crippen molar-refractivity contribution in [2.24, 2.45) is 0 Å². The molecule has 4 atom stereocenters. The molecule has 4 unspecified atom stereocenters. The van der Waals surface area contributed by atoms with E-state index in [0.717, 1.165) is 33.4 Å². The molecule has 51 heavy (non-hydrogen) atoms. The van der Waals surface area contributed by atoms with Crippen LogP contribution >= 0.6 is 0 Å². The number of hydrogen-bond donors (Lipinski definition) is 2. The predicted molar refractivity (Wildman–Crippen MR) is 190 cm³/mol. The lowest BCUT2D eigenvalue weighted by atomic mass is 9.68. The van der Waals surface area contributed by atoms with Crippen molar-refractivity contribution in [2.45, 2.75) is 71.1 Å². The van der Waals surface area contributed by atoms with Crippen molar-refractivity contribution in [3.05, 3.63) is 144 Å². The van der Waals surface area contributed by atoms with Gasteiger partial charge in [-0.2, -0.15) is 0 Å². The van der Waals surface area contributed by atoms with E-state index in [9.17, 15) is 19.8 Å². The molecule has 10 heteroatoms. The minimum atomic E-state index is -0.957. The van der Waals surface area contributed by atoms with Crippen LogP contribution in [0.15, 0.2) is 122 Å². The van der Waals surface area contributed by atoms with Crippen LogP contribution in [0.1, 0.15) is 62.8 Å². The van der Waals surface area contributed by atoms with E-state index >= 15 is 0 Å². The Morgan fingerprint density at radius 1 is 0.608 bits per heavy atom. The molecule has 0 bridgehead atoms. The van der Waals surface area contributed by atoms with E-state index in [0.29, 0.717) is 24.3 Å². The molecule has 0 aliphatic heterocycles. The van der Waals surface area contributed by atoms with Gasteiger partial charge in [0.05, 0.1) is 5.41 Å². The van der Waals surface area contributed by atoms with Gasteiger partial charge in [-0.1, -0.05) is 86.6 Å². The number of aliphatic hydroxyl groups excluding tert-OH is 2. The fraction of sp³-hybridized carbons (Fsp3) is 0.268. The van der Waals surface area contributed by atoms with Crippen LogP contribution in [0.4, 0.5) is 0 Å². The first-order valence-corrected chi connectivity index (χ1v) is 16.7. The van der Waals surface area contributed by atoms with Gasteiger partial charge < -0.3 is 38.6 Å². The summed E-state index contributed by atoms with van der Waals surface area (Å²) in [5, 5.41) is 18.6. The maximum Gasteiger partial charge on any atom is 0.375 e. The molecule has 0 amide bonds. The van der Waals surface area contributed by atoms with Gasteiger partial charge in [-0.05, 0) is 84.7 Å². The minimum Gasteiger partial charge on any atom is -0.502 e. The van der Waals surface area contributed by atoms with Gasteiger partial charge >= 0.3 is 11.9 Å². The highest BCUT2D eigenvalue weighted by atomic mass is 16.8. The first-order chi connectivity index (χ1) is 24.5. The molecule has 4 aromatic rings. The van der Waals surface area contributed by atoms with E-state index in [4.69, 9.17) is 28.4 Å². The summed E-state index contributed by atoms with van der Waals surface area (Å²) in [5.74, 6) is -2.22. The molecule has 0 heterocycles. The number of rotatable bonds is 16. The zero-order valence-corrected chi connectivity index (χ0v) is 29.0. The van der Waals surface area contributed by atoms with Gasteiger partial charge in [0.25, 0.3) is 0 Å². The third kappa shape index (κ3) is 7.93. The maximum atomic E-state index is 11.8. The summed E-state index contributed by atoms with van der Waals surface area (Å²) in [5.41, 5.74) is 5.84. The molecule has 266 valence electrons. The third-order valence-corrected chi connectivity index (χ3v) is 8.43. The van der Waals surface area contributed by atoms with Gasteiger partial charge in [-0.15, -0.1) is 0 Å². The van der Waals surface area contributed by atoms with Crippen molar-refractivity contribution in [3.8, 4) is 22.6 Å². The van der Waals surface area contributed by atoms with Crippen molar-refractivity contribution in [3.63, 3.8) is 0 Å². The van der Waals surface area contributed by atoms with Crippen LogP contribution in [0, 0.1) is 0 Å². The summed E-state index contributed by atoms with van der Waals surface area (Å²) in [7, 11) is 0. The van der Waals surface area contributed by atoms with E-state index < -0.39 is 54.0 Å². The van der Waals surface area contributed by atoms with Crippen molar-refractivity contribution in [2.75, 3.05) is 0 Å². The van der Waals surface area contributed by atoms with Crippen LogP contribution in [-0.2, 0) is 34.0 Å². The number of fused-ring (bicyclic) bond motifs is 3. The van der Waals surface area contributed by atoms with Crippen LogP contribution < -0.4 is 9.47 Å². The summed E-state index contributed by atoms with van der Waals surface area (Å²) < 4.78 is 33.8. The molecule has 0 radical (unpaired) electrons. The molecule has 0 aromatic heterocycles. The van der Waals surface area contributed by atoms with Crippen molar-refractivity contribution < 1.29 is 48.2 Å². The number of hydrogen-bond acceptors (Lipinski definition) is 10. The standard InChI is InChI=1S/C41H42O10/c1-7-37(50-39(44)25(3)42)48-27(5)46-31-21-17-29(18-22-31)41(35-15-11-9-13-33(35)34-14-10-12-16-36(34)41)30-19-23-32(24-20-30)47-28(6)49-38(8-2)51-40(45)26(4)43/h9-24,27-28,37-38,42-43H,3-4,7-8H2,1-2,5-6H3. The molecular formula is C41H42O10. The zero-order valence-electron chi connectivity index (χ0n) is 29.0. The van der Waals surface area contributed by atoms with Crippen molar-refractivity contribution in [1.29, 1.82) is 0 Å². The molecule has 10 nitrogen and oxygen atoms in total. The largest absolute Gasteiger partial charge is 0.502 e. The van der Waals surface area contributed by atoms with Gasteiger partial charge in [-0.3, -0.25) is 0 Å². The lowest BCUT2D eigenvalue weighted by Crippen LogP contribution is -2.29. The van der Waals surface area contributed by atoms with E-state index in [-0.39, 0.29) is 0 Å². The molecule has 0 spiro atoms. The number of benzene rings is 4. The number of carbonyl (C=O) groups is 2. The summed E-state index contributed by atoms with van der Waals surface area (Å²) in [4.78, 5) is 23.5. The van der Waals surface area contributed by atoms with Crippen LogP contribution in [0.2, 0.25) is 0 Å². The smallest absolute Gasteiger partial charge is 0.375 e. The molecular weight excluding hydrogens is 652 g/mol. The number of carbonyl (C=O) groups excluding carboxylic acids is 2. The lowest BCUT2D eigenvalue weighted by molar-refractivity contribution is -0.214. The second-order valence-corrected chi connectivity index (χ2v) is 11.9. The molecule has 2 N–H and O–H groups in total. The Labute approximate surface area is 297 Å². The highest BCUT2D eigenvalue weighted by Gasteiger charge is 2.46. The molecule has 1 aliphatic carbocycles. The fourth-order valence-electron chi connectivity index (χ4n) is 6.25. The first-order valence-electron chi connectivity index (χ1n) is 16.7. The average molecular weight is 695 g/mol. The van der Waals surface area contributed by atoms with Crippen molar-refractivity contribution >= 4 is 11.9 Å². The Morgan fingerprint density at radius 3 is 1.29 bits per heavy atom. The zero-order chi connectivity index (χ0) is 36.7. The summed E-state index contributed by atoms with van der Waals surface area (Å²) in [6.45, 7) is 13.3. The first kappa shape index (κ1) is 36.7. The van der Waals surface area contributed by atoms with Gasteiger partial charge in [-0.25, -0.2) is 9.59 Å². The maximum absolute atomic E-state index is 11.8. The lowest BCUT2D eigenvalue weighted by Gasteiger charge is -2.34. The van der Waals surface area contributed by atoms with Gasteiger partial charge in [0.2, 0.25) is 25.2 Å². The van der Waals surface area contributed by atoms with Crippen LogP contribution in [0.3, 0.4) is 0 Å². The molecule has 0 saturated carbocycles. The number of esters is 2. The van der Waals surface area contributed by atoms with E-state index in [1.54, 1.807) is 27.7 Å². The van der Waals surface area contributed by atoms with Gasteiger partial charge in [0.1, 0.15) is 11.5 Å². The van der Waals surface area contributed by atoms with Crippen LogP contribution in [-0.4, -0.2) is 47.3 Å². The van der Waals surface area contributed by atoms with Crippen LogP contribution in [0.5, 0.6) is 11.5 Å². The van der Waals surface area contributed by atoms with Crippen LogP contribution in [0.25, 0.3) is 11.1 Å². The Bertz CT molecular complexity index is 1730. The second kappa shape index (κ2) is 16.0. The highest BCUT2D eigenvalue weighted by Crippen LogP contribution is 2.56. The summed E-state index contributed by atoms with van der Waals surface area (Å²) >= 11 is 0.